The number of carbonyl (C=O) groups excluding carboxylic acids is 1. The number of ether oxygens (including phenoxy) is 1. The Kier molecular flexibility index (Phi) is 4.25. The lowest BCUT2D eigenvalue weighted by Gasteiger charge is -2.17. The highest BCUT2D eigenvalue weighted by molar-refractivity contribution is 7.89. The number of carbonyl (C=O) groups is 1. The van der Waals surface area contributed by atoms with Crippen molar-refractivity contribution in [1.82, 2.24) is 5.32 Å². The molecule has 7 heteroatoms. The fraction of sp³-hybridized carbons (Fsp3) is 0.500. The van der Waals surface area contributed by atoms with E-state index >= 15 is 0 Å². The Morgan fingerprint density at radius 1 is 1.33 bits per heavy atom. The molecule has 0 aliphatic heterocycles. The second kappa shape index (κ2) is 5.65. The predicted molar refractivity (Wildman–Crippen MR) is 78.5 cm³/mol. The number of nitrogens with two attached hydrogens (primary N) is 1. The van der Waals surface area contributed by atoms with Gasteiger partial charge in [0.15, 0.2) is 6.10 Å². The van der Waals surface area contributed by atoms with Crippen molar-refractivity contribution >= 4 is 15.9 Å². The van der Waals surface area contributed by atoms with E-state index < -0.39 is 16.1 Å². The molecular weight excluding hydrogens is 292 g/mol. The van der Waals surface area contributed by atoms with Gasteiger partial charge in [-0.15, -0.1) is 0 Å². The molecule has 1 saturated carbocycles. The first-order valence-electron chi connectivity index (χ1n) is 6.79. The molecule has 21 heavy (non-hydrogen) atoms. The van der Waals surface area contributed by atoms with Crippen LogP contribution in [-0.2, 0) is 14.8 Å². The molecule has 1 fully saturated rings. The molecule has 1 aliphatic rings. The molecule has 0 heterocycles. The SMILES string of the molecule is Cc1cc(S(N)(=O)=O)c(C)cc1OC(C)C(=O)NC1CC1. The number of hydrogen-bond acceptors (Lipinski definition) is 4. The van der Waals surface area contributed by atoms with E-state index in [0.29, 0.717) is 16.9 Å². The molecule has 3 N–H and O–H groups in total. The lowest BCUT2D eigenvalue weighted by Crippen LogP contribution is -2.37. The summed E-state index contributed by atoms with van der Waals surface area (Å²) in [6.45, 7) is 5.02. The van der Waals surface area contributed by atoms with Gasteiger partial charge in [0.05, 0.1) is 4.90 Å². The highest BCUT2D eigenvalue weighted by atomic mass is 32.2. The minimum atomic E-state index is -3.76. The number of hydrogen-bond donors (Lipinski definition) is 2. The Morgan fingerprint density at radius 3 is 2.48 bits per heavy atom. The summed E-state index contributed by atoms with van der Waals surface area (Å²) in [5, 5.41) is 8.02. The number of aryl methyl sites for hydroxylation is 2. The first kappa shape index (κ1) is 15.8. The van der Waals surface area contributed by atoms with E-state index in [1.165, 1.54) is 6.07 Å². The van der Waals surface area contributed by atoms with Crippen molar-refractivity contribution in [1.29, 1.82) is 0 Å². The highest BCUT2D eigenvalue weighted by Crippen LogP contribution is 2.26. The third kappa shape index (κ3) is 3.95. The average molecular weight is 312 g/mol. The van der Waals surface area contributed by atoms with Gasteiger partial charge in [-0.25, -0.2) is 13.6 Å². The quantitative estimate of drug-likeness (QED) is 0.847. The van der Waals surface area contributed by atoms with E-state index in [9.17, 15) is 13.2 Å². The minimum Gasteiger partial charge on any atom is -0.481 e. The first-order valence-corrected chi connectivity index (χ1v) is 8.34. The van der Waals surface area contributed by atoms with Crippen molar-refractivity contribution in [2.24, 2.45) is 5.14 Å². The van der Waals surface area contributed by atoms with E-state index in [0.717, 1.165) is 12.8 Å². The Labute approximate surface area is 124 Å². The van der Waals surface area contributed by atoms with Crippen LogP contribution in [0.1, 0.15) is 30.9 Å². The van der Waals surface area contributed by atoms with Crippen molar-refractivity contribution in [3.05, 3.63) is 23.3 Å². The van der Waals surface area contributed by atoms with Crippen LogP contribution in [0.2, 0.25) is 0 Å². The summed E-state index contributed by atoms with van der Waals surface area (Å²) in [5.41, 5.74) is 1.11. The summed E-state index contributed by atoms with van der Waals surface area (Å²) < 4.78 is 28.5. The molecule has 1 aliphatic carbocycles. The number of sulfonamides is 1. The highest BCUT2D eigenvalue weighted by Gasteiger charge is 2.26. The van der Waals surface area contributed by atoms with Gasteiger partial charge in [0.1, 0.15) is 5.75 Å². The standard InChI is InChI=1S/C14H20N2O4S/c1-8-7-13(21(15,18)19)9(2)6-12(8)20-10(3)14(17)16-11-4-5-11/h6-7,10-11H,4-5H2,1-3H3,(H,16,17)(H2,15,18,19). The van der Waals surface area contributed by atoms with Gasteiger partial charge in [-0.2, -0.15) is 0 Å². The van der Waals surface area contributed by atoms with Crippen molar-refractivity contribution in [3.8, 4) is 5.75 Å². The molecule has 1 amide bonds. The van der Waals surface area contributed by atoms with Crippen LogP contribution >= 0.6 is 0 Å². The number of nitrogens with one attached hydrogen (secondary N) is 1. The van der Waals surface area contributed by atoms with Gasteiger partial charge in [-0.1, -0.05) is 0 Å². The maximum Gasteiger partial charge on any atom is 0.260 e. The Balaban J connectivity index is 2.16. The smallest absolute Gasteiger partial charge is 0.260 e. The van der Waals surface area contributed by atoms with E-state index in [2.05, 4.69) is 5.32 Å². The van der Waals surface area contributed by atoms with Crippen molar-refractivity contribution < 1.29 is 17.9 Å². The molecule has 1 unspecified atom stereocenters. The zero-order valence-corrected chi connectivity index (χ0v) is 13.2. The van der Waals surface area contributed by atoms with Crippen LogP contribution in [0.25, 0.3) is 0 Å². The monoisotopic (exact) mass is 312 g/mol. The molecule has 6 nitrogen and oxygen atoms in total. The summed E-state index contributed by atoms with van der Waals surface area (Å²) in [6.07, 6.45) is 1.39. The van der Waals surface area contributed by atoms with Crippen LogP contribution in [0.5, 0.6) is 5.75 Å². The van der Waals surface area contributed by atoms with Crippen LogP contribution in [0.4, 0.5) is 0 Å². The van der Waals surface area contributed by atoms with E-state index in [4.69, 9.17) is 9.88 Å². The molecule has 1 atom stereocenters. The molecule has 0 bridgehead atoms. The maximum absolute atomic E-state index is 11.9. The number of primary sulfonamides is 1. The number of rotatable bonds is 5. The molecular formula is C14H20N2O4S. The molecule has 1 aromatic rings. The third-order valence-electron chi connectivity index (χ3n) is 3.38. The van der Waals surface area contributed by atoms with Crippen LogP contribution in [0.3, 0.4) is 0 Å². The predicted octanol–water partition coefficient (Wildman–Crippen LogP) is 0.997. The lowest BCUT2D eigenvalue weighted by molar-refractivity contribution is -0.127. The molecule has 0 aromatic heterocycles. The summed E-state index contributed by atoms with van der Waals surface area (Å²) in [4.78, 5) is 11.9. The zero-order valence-electron chi connectivity index (χ0n) is 12.3. The Bertz CT molecular complexity index is 666. The van der Waals surface area contributed by atoms with Gasteiger partial charge in [0.2, 0.25) is 10.0 Å². The summed E-state index contributed by atoms with van der Waals surface area (Å²) in [5.74, 6) is 0.323. The van der Waals surface area contributed by atoms with E-state index in [-0.39, 0.29) is 16.8 Å². The first-order chi connectivity index (χ1) is 9.68. The van der Waals surface area contributed by atoms with Gasteiger partial charge >= 0.3 is 0 Å². The van der Waals surface area contributed by atoms with Gasteiger partial charge in [0.25, 0.3) is 5.91 Å². The molecule has 0 spiro atoms. The normalized spacial score (nSPS) is 16.4. The molecule has 0 radical (unpaired) electrons. The number of amides is 1. The average Bonchev–Trinajstić information content (AvgIpc) is 3.15. The molecule has 0 saturated heterocycles. The van der Waals surface area contributed by atoms with Gasteiger partial charge < -0.3 is 10.1 Å². The third-order valence-corrected chi connectivity index (χ3v) is 4.43. The zero-order chi connectivity index (χ0) is 15.8. The van der Waals surface area contributed by atoms with Gasteiger partial charge in [-0.05, 0) is 56.9 Å². The fourth-order valence-corrected chi connectivity index (χ4v) is 2.84. The van der Waals surface area contributed by atoms with Crippen LogP contribution in [-0.4, -0.2) is 26.5 Å². The molecule has 1 aromatic carbocycles. The van der Waals surface area contributed by atoms with Crippen molar-refractivity contribution in [3.63, 3.8) is 0 Å². The topological polar surface area (TPSA) is 98.5 Å². The van der Waals surface area contributed by atoms with E-state index in [1.54, 1.807) is 26.8 Å². The van der Waals surface area contributed by atoms with Crippen LogP contribution in [0.15, 0.2) is 17.0 Å². The summed E-state index contributed by atoms with van der Waals surface area (Å²) in [7, 11) is -3.76. The van der Waals surface area contributed by atoms with Crippen molar-refractivity contribution in [2.75, 3.05) is 0 Å². The maximum atomic E-state index is 11.9. The Morgan fingerprint density at radius 2 is 1.95 bits per heavy atom. The molecule has 2 rings (SSSR count). The number of benzene rings is 1. The second-order valence-electron chi connectivity index (χ2n) is 5.47. The fourth-order valence-electron chi connectivity index (χ4n) is 1.99. The van der Waals surface area contributed by atoms with Gasteiger partial charge in [-0.3, -0.25) is 4.79 Å². The summed E-state index contributed by atoms with van der Waals surface area (Å²) in [6, 6.07) is 3.33. The second-order valence-corrected chi connectivity index (χ2v) is 7.00. The summed E-state index contributed by atoms with van der Waals surface area (Å²) >= 11 is 0. The van der Waals surface area contributed by atoms with Crippen molar-refractivity contribution in [2.45, 2.75) is 50.7 Å². The van der Waals surface area contributed by atoms with Crippen LogP contribution in [0, 0.1) is 13.8 Å². The largest absolute Gasteiger partial charge is 0.481 e. The lowest BCUT2D eigenvalue weighted by atomic mass is 10.1. The van der Waals surface area contributed by atoms with Crippen LogP contribution < -0.4 is 15.2 Å². The Hall–Kier alpha value is -1.60. The van der Waals surface area contributed by atoms with Gasteiger partial charge in [0, 0.05) is 6.04 Å². The van der Waals surface area contributed by atoms with E-state index in [1.807, 2.05) is 0 Å². The molecule has 116 valence electrons. The minimum absolute atomic E-state index is 0.0717.